The van der Waals surface area contributed by atoms with Crippen molar-refractivity contribution in [3.63, 3.8) is 0 Å². The molecule has 2 nitrogen and oxygen atoms in total. The quantitative estimate of drug-likeness (QED) is 0.519. The van der Waals surface area contributed by atoms with Gasteiger partial charge < -0.3 is 5.11 Å². The van der Waals surface area contributed by atoms with Gasteiger partial charge in [-0.1, -0.05) is 6.92 Å². The first-order valence-corrected chi connectivity index (χ1v) is 3.03. The van der Waals surface area contributed by atoms with E-state index in [1.807, 2.05) is 0 Å². The number of rotatable bonds is 4. The second-order valence-electron chi connectivity index (χ2n) is 1.93. The van der Waals surface area contributed by atoms with Crippen LogP contribution in [0.3, 0.4) is 0 Å². The molecule has 0 heterocycles. The molecule has 0 aliphatic heterocycles. The van der Waals surface area contributed by atoms with E-state index < -0.39 is 0 Å². The van der Waals surface area contributed by atoms with Gasteiger partial charge in [-0.05, 0) is 6.42 Å². The van der Waals surface area contributed by atoms with Crippen LogP contribution in [0.5, 0.6) is 0 Å². The second-order valence-corrected chi connectivity index (χ2v) is 1.93. The highest BCUT2D eigenvalue weighted by Gasteiger charge is 1.94. The Bertz CT molecular complexity index is 116. The van der Waals surface area contributed by atoms with Crippen molar-refractivity contribution < 1.29 is 9.90 Å². The van der Waals surface area contributed by atoms with Crippen molar-refractivity contribution in [2.75, 3.05) is 0 Å². The molecule has 0 rings (SSSR count). The van der Waals surface area contributed by atoms with Crippen molar-refractivity contribution in [2.24, 2.45) is 0 Å². The summed E-state index contributed by atoms with van der Waals surface area (Å²) in [6.45, 7) is 4.94. The Labute approximate surface area is 55.2 Å². The molecule has 2 heteroatoms. The second kappa shape index (κ2) is 4.13. The van der Waals surface area contributed by atoms with Crippen molar-refractivity contribution in [3.05, 3.63) is 12.3 Å². The van der Waals surface area contributed by atoms with Gasteiger partial charge in [0, 0.05) is 12.8 Å². The highest BCUT2D eigenvalue weighted by Crippen LogP contribution is 1.97. The van der Waals surface area contributed by atoms with Crippen molar-refractivity contribution in [3.8, 4) is 0 Å². The molecular formula is C7H11O2-. The van der Waals surface area contributed by atoms with Gasteiger partial charge in [0.25, 0.3) is 0 Å². The number of hydrogen-bond donors (Lipinski definition) is 0. The van der Waals surface area contributed by atoms with Crippen LogP contribution in [0, 0.1) is 0 Å². The van der Waals surface area contributed by atoms with Crippen LogP contribution < -0.4 is 5.11 Å². The third-order valence-corrected chi connectivity index (χ3v) is 1.08. The van der Waals surface area contributed by atoms with E-state index >= 15 is 0 Å². The number of ketones is 1. The maximum absolute atomic E-state index is 10.5. The Kier molecular flexibility index (Phi) is 3.76. The number of allylic oxidation sites excluding steroid dienone is 1. The molecule has 0 amide bonds. The van der Waals surface area contributed by atoms with Gasteiger partial charge in [0.05, 0.1) is 0 Å². The molecule has 0 aromatic heterocycles. The molecule has 52 valence electrons. The summed E-state index contributed by atoms with van der Waals surface area (Å²) >= 11 is 0. The van der Waals surface area contributed by atoms with E-state index in [2.05, 4.69) is 6.58 Å². The summed E-state index contributed by atoms with van der Waals surface area (Å²) in [7, 11) is 0. The topological polar surface area (TPSA) is 40.1 Å². The van der Waals surface area contributed by atoms with Crippen molar-refractivity contribution in [1.82, 2.24) is 0 Å². The van der Waals surface area contributed by atoms with Crippen LogP contribution in [0.1, 0.15) is 26.2 Å². The zero-order valence-electron chi connectivity index (χ0n) is 5.64. The number of hydrogen-bond acceptors (Lipinski definition) is 2. The van der Waals surface area contributed by atoms with Gasteiger partial charge >= 0.3 is 0 Å². The Morgan fingerprint density at radius 2 is 2.11 bits per heavy atom. The van der Waals surface area contributed by atoms with Gasteiger partial charge in [-0.15, -0.1) is 12.3 Å². The lowest BCUT2D eigenvalue weighted by atomic mass is 10.2. The normalized spacial score (nSPS) is 9.00. The van der Waals surface area contributed by atoms with Crippen molar-refractivity contribution in [1.29, 1.82) is 0 Å². The maximum Gasteiger partial charge on any atom is 0.132 e. The molecule has 0 aliphatic rings. The first-order chi connectivity index (χ1) is 4.16. The molecule has 0 aliphatic carbocycles. The fourth-order valence-corrected chi connectivity index (χ4v) is 0.456. The lowest BCUT2D eigenvalue weighted by molar-refractivity contribution is -0.305. The van der Waals surface area contributed by atoms with Gasteiger partial charge in [-0.3, -0.25) is 4.79 Å². The standard InChI is InChI=1S/C7H12O2/c1-3-7(9)5-4-6(2)8/h8H,2-5H2,1H3/p-1. The van der Waals surface area contributed by atoms with Gasteiger partial charge in [0.2, 0.25) is 0 Å². The van der Waals surface area contributed by atoms with Crippen molar-refractivity contribution >= 4 is 5.78 Å². The summed E-state index contributed by atoms with van der Waals surface area (Å²) in [6, 6.07) is 0. The monoisotopic (exact) mass is 127 g/mol. The first-order valence-electron chi connectivity index (χ1n) is 3.03. The fraction of sp³-hybridized carbons (Fsp3) is 0.571. The highest BCUT2D eigenvalue weighted by molar-refractivity contribution is 5.78. The molecule has 0 bridgehead atoms. The molecule has 0 atom stereocenters. The number of carbonyl (C=O) groups excluding carboxylic acids is 1. The Morgan fingerprint density at radius 1 is 1.56 bits per heavy atom. The van der Waals surface area contributed by atoms with Gasteiger partial charge in [-0.2, -0.15) is 0 Å². The van der Waals surface area contributed by atoms with E-state index in [0.717, 1.165) is 0 Å². The summed E-state index contributed by atoms with van der Waals surface area (Å²) in [5.74, 6) is -0.0243. The zero-order valence-corrected chi connectivity index (χ0v) is 5.64. The van der Waals surface area contributed by atoms with E-state index in [1.165, 1.54) is 0 Å². The van der Waals surface area contributed by atoms with E-state index in [4.69, 9.17) is 0 Å². The van der Waals surface area contributed by atoms with Crippen LogP contribution in [0.25, 0.3) is 0 Å². The van der Waals surface area contributed by atoms with Crippen LogP contribution >= 0.6 is 0 Å². The summed E-state index contributed by atoms with van der Waals surface area (Å²) in [5.41, 5.74) is 0. The minimum atomic E-state index is -0.156. The summed E-state index contributed by atoms with van der Waals surface area (Å²) in [4.78, 5) is 10.5. The molecule has 0 unspecified atom stereocenters. The largest absolute Gasteiger partial charge is 0.876 e. The Hall–Kier alpha value is -0.790. The third-order valence-electron chi connectivity index (χ3n) is 1.08. The molecule has 0 saturated carbocycles. The summed E-state index contributed by atoms with van der Waals surface area (Å²) in [6.07, 6.45) is 1.18. The average Bonchev–Trinajstić information content (AvgIpc) is 1.83. The van der Waals surface area contributed by atoms with Crippen LogP contribution in [0.15, 0.2) is 12.3 Å². The van der Waals surface area contributed by atoms with Crippen LogP contribution in [-0.4, -0.2) is 5.78 Å². The number of carbonyl (C=O) groups is 1. The van der Waals surface area contributed by atoms with E-state index in [0.29, 0.717) is 19.3 Å². The zero-order chi connectivity index (χ0) is 7.28. The number of Topliss-reactive ketones (excluding diaryl/α,β-unsaturated/α-hetero) is 1. The maximum atomic E-state index is 10.5. The molecule has 0 saturated heterocycles. The van der Waals surface area contributed by atoms with Gasteiger partial charge in [0.15, 0.2) is 0 Å². The SMILES string of the molecule is C=C([O-])CCC(=O)CC. The average molecular weight is 127 g/mol. The van der Waals surface area contributed by atoms with E-state index in [-0.39, 0.29) is 11.5 Å². The highest BCUT2D eigenvalue weighted by atomic mass is 16.3. The molecule has 0 N–H and O–H groups in total. The summed E-state index contributed by atoms with van der Waals surface area (Å²) in [5, 5.41) is 10.2. The molecular weight excluding hydrogens is 116 g/mol. The molecule has 0 radical (unpaired) electrons. The molecule has 0 spiro atoms. The lowest BCUT2D eigenvalue weighted by Crippen LogP contribution is -2.04. The third kappa shape index (κ3) is 5.07. The van der Waals surface area contributed by atoms with Crippen molar-refractivity contribution in [2.45, 2.75) is 26.2 Å². The predicted octanol–water partition coefficient (Wildman–Crippen LogP) is 0.620. The predicted molar refractivity (Wildman–Crippen MR) is 33.7 cm³/mol. The fourth-order valence-electron chi connectivity index (χ4n) is 0.456. The van der Waals surface area contributed by atoms with E-state index in [1.54, 1.807) is 6.92 Å². The minimum Gasteiger partial charge on any atom is -0.876 e. The smallest absolute Gasteiger partial charge is 0.132 e. The van der Waals surface area contributed by atoms with Crippen LogP contribution in [0.4, 0.5) is 0 Å². The van der Waals surface area contributed by atoms with E-state index in [9.17, 15) is 9.90 Å². The molecule has 0 fully saturated rings. The van der Waals surface area contributed by atoms with Gasteiger partial charge in [0.1, 0.15) is 5.78 Å². The molecule has 0 aromatic carbocycles. The first kappa shape index (κ1) is 8.21. The molecule has 9 heavy (non-hydrogen) atoms. The van der Waals surface area contributed by atoms with Gasteiger partial charge in [-0.25, -0.2) is 0 Å². The summed E-state index contributed by atoms with van der Waals surface area (Å²) < 4.78 is 0. The lowest BCUT2D eigenvalue weighted by Gasteiger charge is -2.05. The molecule has 0 aromatic rings. The Balaban J connectivity index is 3.28. The van der Waals surface area contributed by atoms with Crippen LogP contribution in [-0.2, 0) is 4.79 Å². The minimum absolute atomic E-state index is 0.131. The Morgan fingerprint density at radius 3 is 2.44 bits per heavy atom. The van der Waals surface area contributed by atoms with Crippen LogP contribution in [0.2, 0.25) is 0 Å².